The Labute approximate surface area is 255 Å². The van der Waals surface area contributed by atoms with Crippen molar-refractivity contribution in [1.82, 2.24) is 0 Å². The first-order valence-electron chi connectivity index (χ1n) is 16.8. The van der Waals surface area contributed by atoms with Gasteiger partial charge in [-0.25, -0.2) is 0 Å². The summed E-state index contributed by atoms with van der Waals surface area (Å²) in [4.78, 5) is 12.0. The number of hydrogen-bond acceptors (Lipinski definition) is 4. The first-order valence-corrected chi connectivity index (χ1v) is 17.9. The fourth-order valence-electron chi connectivity index (χ4n) is 4.89. The van der Waals surface area contributed by atoms with Gasteiger partial charge in [-0.05, 0) is 37.0 Å². The predicted molar refractivity (Wildman–Crippen MR) is 174 cm³/mol. The molecule has 0 aliphatic rings. The lowest BCUT2D eigenvalue weighted by Crippen LogP contribution is -2.06. The molecule has 0 saturated heterocycles. The van der Waals surface area contributed by atoms with E-state index in [1.165, 1.54) is 116 Å². The van der Waals surface area contributed by atoms with Gasteiger partial charge in [-0.15, -0.1) is 0 Å². The highest BCUT2D eigenvalue weighted by molar-refractivity contribution is 9.09. The number of halogens is 1. The number of carbonyl (C=O) groups excluding carboxylic acids is 1. The van der Waals surface area contributed by atoms with Crippen LogP contribution in [-0.2, 0) is 16.1 Å². The molecule has 0 amide bonds. The normalized spacial score (nSPS) is 11.1. The largest absolute Gasteiger partial charge is 0.493 e. The Morgan fingerprint density at radius 1 is 0.575 bits per heavy atom. The Kier molecular flexibility index (Phi) is 25.7. The molecule has 0 saturated carbocycles. The molecule has 0 bridgehead atoms. The molecule has 0 aliphatic carbocycles. The number of esters is 1. The van der Waals surface area contributed by atoms with Crippen LogP contribution in [0.15, 0.2) is 18.2 Å². The Hall–Kier alpha value is -1.23. The second-order valence-electron chi connectivity index (χ2n) is 11.3. The van der Waals surface area contributed by atoms with Crippen molar-refractivity contribution in [3.63, 3.8) is 0 Å². The molecule has 0 unspecified atom stereocenters. The van der Waals surface area contributed by atoms with Crippen LogP contribution in [0.1, 0.15) is 161 Å². The second kappa shape index (κ2) is 27.9. The van der Waals surface area contributed by atoms with Crippen LogP contribution in [0.3, 0.4) is 0 Å². The number of hydrogen-bond donors (Lipinski definition) is 0. The molecule has 1 aromatic rings. The molecule has 40 heavy (non-hydrogen) atoms. The lowest BCUT2D eigenvalue weighted by molar-refractivity contribution is -0.144. The zero-order valence-electron chi connectivity index (χ0n) is 26.1. The van der Waals surface area contributed by atoms with E-state index in [4.69, 9.17) is 14.2 Å². The number of ether oxygens (including phenoxy) is 3. The van der Waals surface area contributed by atoms with Gasteiger partial charge in [-0.1, -0.05) is 145 Å². The fraction of sp³-hybridized carbons (Fsp3) is 0.800. The second-order valence-corrected chi connectivity index (χ2v) is 12.1. The third-order valence-corrected chi connectivity index (χ3v) is 7.95. The third-order valence-electron chi connectivity index (χ3n) is 7.39. The van der Waals surface area contributed by atoms with Gasteiger partial charge in [-0.2, -0.15) is 0 Å². The van der Waals surface area contributed by atoms with Gasteiger partial charge in [0.15, 0.2) is 0 Å². The van der Waals surface area contributed by atoms with Crippen molar-refractivity contribution in [2.45, 2.75) is 162 Å². The zero-order valence-corrected chi connectivity index (χ0v) is 27.7. The van der Waals surface area contributed by atoms with Crippen molar-refractivity contribution in [3.05, 3.63) is 23.8 Å². The van der Waals surface area contributed by atoms with E-state index in [9.17, 15) is 4.79 Å². The minimum Gasteiger partial charge on any atom is -0.493 e. The number of unbranched alkanes of at least 4 members (excludes halogenated alkanes) is 18. The van der Waals surface area contributed by atoms with Crippen LogP contribution < -0.4 is 9.47 Å². The minimum absolute atomic E-state index is 0.163. The summed E-state index contributed by atoms with van der Waals surface area (Å²) in [5.74, 6) is 1.45. The molecule has 4 nitrogen and oxygen atoms in total. The molecule has 1 aromatic carbocycles. The topological polar surface area (TPSA) is 44.8 Å². The number of alkyl halides is 1. The first kappa shape index (κ1) is 36.8. The molecule has 0 heterocycles. The summed E-state index contributed by atoms with van der Waals surface area (Å²) in [5.41, 5.74) is 0.922. The van der Waals surface area contributed by atoms with Gasteiger partial charge in [0, 0.05) is 17.8 Å². The maximum atomic E-state index is 12.0. The molecule has 0 aromatic heterocycles. The smallest absolute Gasteiger partial charge is 0.306 e. The van der Waals surface area contributed by atoms with Crippen LogP contribution >= 0.6 is 15.9 Å². The Bertz CT molecular complexity index is 664. The van der Waals surface area contributed by atoms with Crippen molar-refractivity contribution in [3.8, 4) is 11.5 Å². The Morgan fingerprint density at radius 3 is 1.38 bits per heavy atom. The lowest BCUT2D eigenvalue weighted by Gasteiger charge is -2.13. The summed E-state index contributed by atoms with van der Waals surface area (Å²) >= 11 is 3.37. The minimum atomic E-state index is -0.163. The number of benzene rings is 1. The van der Waals surface area contributed by atoms with Crippen molar-refractivity contribution >= 4 is 21.9 Å². The van der Waals surface area contributed by atoms with Gasteiger partial charge in [-0.3, -0.25) is 4.79 Å². The van der Waals surface area contributed by atoms with E-state index in [1.807, 2.05) is 18.2 Å². The first-order chi connectivity index (χ1) is 19.7. The fourth-order valence-corrected chi connectivity index (χ4v) is 5.17. The quantitative estimate of drug-likeness (QED) is 0.0505. The zero-order chi connectivity index (χ0) is 28.9. The average molecular weight is 626 g/mol. The van der Waals surface area contributed by atoms with Gasteiger partial charge in [0.25, 0.3) is 0 Å². The standard InChI is InChI=1S/C35H61BrO4/c1-3-5-7-9-11-13-15-17-19-21-26-38-33-28-32(31-40-35(37)24-23-25-36)29-34(30-33)39-27-22-20-18-16-14-12-10-8-6-4-2/h28-30H,3-27,31H2,1-2H3. The van der Waals surface area contributed by atoms with Crippen LogP contribution in [-0.4, -0.2) is 24.5 Å². The highest BCUT2D eigenvalue weighted by Crippen LogP contribution is 2.25. The average Bonchev–Trinajstić information content (AvgIpc) is 2.96. The van der Waals surface area contributed by atoms with E-state index in [0.717, 1.165) is 41.7 Å². The lowest BCUT2D eigenvalue weighted by atomic mass is 10.1. The maximum absolute atomic E-state index is 12.0. The van der Waals surface area contributed by atoms with Crippen LogP contribution in [0.5, 0.6) is 11.5 Å². The van der Waals surface area contributed by atoms with Gasteiger partial charge in [0.05, 0.1) is 13.2 Å². The molecule has 0 radical (unpaired) electrons. The van der Waals surface area contributed by atoms with E-state index >= 15 is 0 Å². The van der Waals surface area contributed by atoms with Gasteiger partial charge in [0.2, 0.25) is 0 Å². The van der Waals surface area contributed by atoms with E-state index in [1.54, 1.807) is 0 Å². The Balaban J connectivity index is 2.37. The molecule has 0 aliphatic heterocycles. The molecule has 0 N–H and O–H groups in total. The summed E-state index contributed by atoms with van der Waals surface area (Å²) in [6, 6.07) is 5.96. The number of carbonyl (C=O) groups is 1. The summed E-state index contributed by atoms with van der Waals surface area (Å²) < 4.78 is 17.7. The number of rotatable bonds is 29. The van der Waals surface area contributed by atoms with Crippen LogP contribution in [0.25, 0.3) is 0 Å². The van der Waals surface area contributed by atoms with E-state index in [2.05, 4.69) is 29.8 Å². The summed E-state index contributed by atoms with van der Waals surface area (Å²) in [5, 5.41) is 0.807. The molecule has 1 rings (SSSR count). The Morgan fingerprint density at radius 2 is 0.975 bits per heavy atom. The van der Waals surface area contributed by atoms with Crippen molar-refractivity contribution < 1.29 is 19.0 Å². The summed E-state index contributed by atoms with van der Waals surface area (Å²) in [7, 11) is 0. The molecular formula is C35H61BrO4. The van der Waals surface area contributed by atoms with Crippen molar-refractivity contribution in [2.24, 2.45) is 0 Å². The van der Waals surface area contributed by atoms with Crippen LogP contribution in [0.4, 0.5) is 0 Å². The van der Waals surface area contributed by atoms with Gasteiger partial charge in [0.1, 0.15) is 18.1 Å². The van der Waals surface area contributed by atoms with Crippen molar-refractivity contribution in [1.29, 1.82) is 0 Å². The van der Waals surface area contributed by atoms with Crippen LogP contribution in [0.2, 0.25) is 0 Å². The highest BCUT2D eigenvalue weighted by atomic mass is 79.9. The molecule has 0 spiro atoms. The van der Waals surface area contributed by atoms with Gasteiger partial charge < -0.3 is 14.2 Å². The summed E-state index contributed by atoms with van der Waals surface area (Å²) in [6.45, 7) is 6.22. The maximum Gasteiger partial charge on any atom is 0.306 e. The third kappa shape index (κ3) is 22.5. The van der Waals surface area contributed by atoms with E-state index < -0.39 is 0 Å². The van der Waals surface area contributed by atoms with Crippen LogP contribution in [0, 0.1) is 0 Å². The van der Waals surface area contributed by atoms with Gasteiger partial charge >= 0.3 is 5.97 Å². The molecule has 0 atom stereocenters. The highest BCUT2D eigenvalue weighted by Gasteiger charge is 2.08. The van der Waals surface area contributed by atoms with E-state index in [0.29, 0.717) is 19.6 Å². The molecule has 5 heteroatoms. The van der Waals surface area contributed by atoms with Crippen molar-refractivity contribution in [2.75, 3.05) is 18.5 Å². The molecule has 232 valence electrons. The van der Waals surface area contributed by atoms with E-state index in [-0.39, 0.29) is 12.6 Å². The predicted octanol–water partition coefficient (Wildman–Crippen LogP) is 11.5. The molecule has 0 fully saturated rings. The monoisotopic (exact) mass is 624 g/mol. The molecular weight excluding hydrogens is 564 g/mol. The SMILES string of the molecule is CCCCCCCCCCCCOc1cc(COC(=O)CCCBr)cc(OCCCCCCCCCCCC)c1. The summed E-state index contributed by atoms with van der Waals surface area (Å²) in [6.07, 6.45) is 27.5.